The van der Waals surface area contributed by atoms with Crippen LogP contribution in [-0.2, 0) is 14.8 Å². The van der Waals surface area contributed by atoms with Crippen LogP contribution in [0.4, 0.5) is 0 Å². The Morgan fingerprint density at radius 1 is 1.53 bits per heavy atom. The molecule has 1 fully saturated rings. The molecule has 0 radical (unpaired) electrons. The van der Waals surface area contributed by atoms with E-state index in [9.17, 15) is 8.42 Å². The third-order valence-electron chi connectivity index (χ3n) is 2.37. The Balaban J connectivity index is 2.38. The smallest absolute Gasteiger partial charge is 0.216 e. The van der Waals surface area contributed by atoms with Gasteiger partial charge in [-0.1, -0.05) is 0 Å². The van der Waals surface area contributed by atoms with Gasteiger partial charge in [0.15, 0.2) is 0 Å². The summed E-state index contributed by atoms with van der Waals surface area (Å²) in [6, 6.07) is -0.00853. The quantitative estimate of drug-likeness (QED) is 0.716. The van der Waals surface area contributed by atoms with Crippen LogP contribution in [0, 0.1) is 0 Å². The number of nitrogens with zero attached hydrogens (tertiary/aromatic N) is 1. The van der Waals surface area contributed by atoms with Gasteiger partial charge in [-0.05, 0) is 20.3 Å². The summed E-state index contributed by atoms with van der Waals surface area (Å²) in [4.78, 5) is 0. The van der Waals surface area contributed by atoms with Gasteiger partial charge in [-0.3, -0.25) is 0 Å². The van der Waals surface area contributed by atoms with Crippen molar-refractivity contribution in [3.8, 4) is 0 Å². The Hall–Kier alpha value is -0.170. The highest BCUT2D eigenvalue weighted by Crippen LogP contribution is 2.12. The molecule has 6 heteroatoms. The summed E-state index contributed by atoms with van der Waals surface area (Å²) in [5.41, 5.74) is 5.66. The molecule has 0 aliphatic carbocycles. The number of nitrogens with two attached hydrogens (primary N) is 1. The fraction of sp³-hybridized carbons (Fsp3) is 1.00. The van der Waals surface area contributed by atoms with Gasteiger partial charge in [0.2, 0.25) is 10.0 Å². The summed E-state index contributed by atoms with van der Waals surface area (Å²) in [7, 11) is -3.16. The van der Waals surface area contributed by atoms with Gasteiger partial charge in [0, 0.05) is 19.1 Å². The van der Waals surface area contributed by atoms with Crippen molar-refractivity contribution in [1.82, 2.24) is 4.31 Å². The molecular formula is C9H20N2O3S. The van der Waals surface area contributed by atoms with Crippen LogP contribution in [0.25, 0.3) is 0 Å². The first kappa shape index (κ1) is 12.9. The third kappa shape index (κ3) is 4.06. The zero-order chi connectivity index (χ0) is 11.5. The molecule has 0 unspecified atom stereocenters. The molecule has 1 aliphatic rings. The predicted molar refractivity (Wildman–Crippen MR) is 59.0 cm³/mol. The minimum atomic E-state index is -3.16. The van der Waals surface area contributed by atoms with E-state index in [0.29, 0.717) is 13.1 Å². The van der Waals surface area contributed by atoms with Crippen LogP contribution in [0.2, 0.25) is 0 Å². The molecule has 1 aliphatic heterocycles. The molecule has 0 saturated carbocycles. The van der Waals surface area contributed by atoms with Crippen molar-refractivity contribution in [1.29, 1.82) is 0 Å². The van der Waals surface area contributed by atoms with E-state index < -0.39 is 10.0 Å². The minimum absolute atomic E-state index is 0.00853. The van der Waals surface area contributed by atoms with Gasteiger partial charge in [-0.2, -0.15) is 0 Å². The number of rotatable bonds is 5. The Morgan fingerprint density at radius 2 is 2.20 bits per heavy atom. The molecule has 1 atom stereocenters. The van der Waals surface area contributed by atoms with Gasteiger partial charge < -0.3 is 10.5 Å². The number of sulfonamides is 1. The lowest BCUT2D eigenvalue weighted by atomic mass is 10.3. The zero-order valence-corrected chi connectivity index (χ0v) is 10.2. The molecule has 0 aromatic rings. The Labute approximate surface area is 91.6 Å². The molecule has 1 heterocycles. The van der Waals surface area contributed by atoms with E-state index in [4.69, 9.17) is 10.5 Å². The van der Waals surface area contributed by atoms with E-state index in [1.807, 2.05) is 13.8 Å². The lowest BCUT2D eigenvalue weighted by Gasteiger charge is -2.16. The number of hydrogen-bond donors (Lipinski definition) is 1. The minimum Gasteiger partial charge on any atom is -0.378 e. The monoisotopic (exact) mass is 236 g/mol. The van der Waals surface area contributed by atoms with E-state index in [1.165, 1.54) is 4.31 Å². The van der Waals surface area contributed by atoms with Crippen molar-refractivity contribution in [3.63, 3.8) is 0 Å². The summed E-state index contributed by atoms with van der Waals surface area (Å²) in [6.07, 6.45) is 0.825. The first-order valence-corrected chi connectivity index (χ1v) is 6.88. The number of hydrogen-bond acceptors (Lipinski definition) is 4. The van der Waals surface area contributed by atoms with Gasteiger partial charge in [0.25, 0.3) is 0 Å². The lowest BCUT2D eigenvalue weighted by molar-refractivity contribution is 0.0907. The van der Waals surface area contributed by atoms with Crippen molar-refractivity contribution in [3.05, 3.63) is 0 Å². The SMILES string of the molecule is CC(C)OCCS(=O)(=O)N1CC[C@H](N)C1. The maximum atomic E-state index is 11.8. The summed E-state index contributed by atoms with van der Waals surface area (Å²) >= 11 is 0. The van der Waals surface area contributed by atoms with Crippen molar-refractivity contribution in [2.24, 2.45) is 5.73 Å². The van der Waals surface area contributed by atoms with Gasteiger partial charge in [0.05, 0.1) is 18.5 Å². The molecule has 0 aromatic carbocycles. The first-order chi connectivity index (χ1) is 6.92. The molecular weight excluding hydrogens is 216 g/mol. The van der Waals surface area contributed by atoms with Crippen LogP contribution in [0.1, 0.15) is 20.3 Å². The van der Waals surface area contributed by atoms with Crippen LogP contribution in [0.3, 0.4) is 0 Å². The highest BCUT2D eigenvalue weighted by atomic mass is 32.2. The van der Waals surface area contributed by atoms with Crippen molar-refractivity contribution in [2.75, 3.05) is 25.4 Å². The highest BCUT2D eigenvalue weighted by Gasteiger charge is 2.29. The fourth-order valence-electron chi connectivity index (χ4n) is 1.52. The van der Waals surface area contributed by atoms with E-state index in [2.05, 4.69) is 0 Å². The average molecular weight is 236 g/mol. The second-order valence-electron chi connectivity index (χ2n) is 4.14. The van der Waals surface area contributed by atoms with E-state index in [1.54, 1.807) is 0 Å². The topological polar surface area (TPSA) is 72.6 Å². The Bertz CT molecular complexity index is 290. The molecule has 90 valence electrons. The summed E-state index contributed by atoms with van der Waals surface area (Å²) in [5.74, 6) is 0.0535. The summed E-state index contributed by atoms with van der Waals surface area (Å²) in [5, 5.41) is 0. The van der Waals surface area contributed by atoms with Crippen LogP contribution in [-0.4, -0.2) is 50.3 Å². The average Bonchev–Trinajstić information content (AvgIpc) is 2.51. The van der Waals surface area contributed by atoms with Gasteiger partial charge >= 0.3 is 0 Å². The second kappa shape index (κ2) is 5.25. The maximum Gasteiger partial charge on any atom is 0.216 e. The maximum absolute atomic E-state index is 11.8. The zero-order valence-electron chi connectivity index (χ0n) is 9.35. The van der Waals surface area contributed by atoms with Crippen molar-refractivity contribution >= 4 is 10.0 Å². The number of ether oxygens (including phenoxy) is 1. The van der Waals surface area contributed by atoms with Crippen molar-refractivity contribution in [2.45, 2.75) is 32.4 Å². The lowest BCUT2D eigenvalue weighted by Crippen LogP contribution is -2.35. The molecule has 1 rings (SSSR count). The third-order valence-corrected chi connectivity index (χ3v) is 4.17. The largest absolute Gasteiger partial charge is 0.378 e. The van der Waals surface area contributed by atoms with Crippen LogP contribution < -0.4 is 5.73 Å². The molecule has 5 nitrogen and oxygen atoms in total. The second-order valence-corrected chi connectivity index (χ2v) is 6.23. The summed E-state index contributed by atoms with van der Waals surface area (Å²) < 4.78 is 30.2. The van der Waals surface area contributed by atoms with Gasteiger partial charge in [-0.25, -0.2) is 12.7 Å². The predicted octanol–water partition coefficient (Wildman–Crippen LogP) is -0.226. The molecule has 1 saturated heterocycles. The normalized spacial score (nSPS) is 23.9. The van der Waals surface area contributed by atoms with Gasteiger partial charge in [-0.15, -0.1) is 0 Å². The molecule has 0 aromatic heterocycles. The molecule has 0 spiro atoms. The fourth-order valence-corrected chi connectivity index (χ4v) is 2.89. The highest BCUT2D eigenvalue weighted by molar-refractivity contribution is 7.89. The van der Waals surface area contributed by atoms with Gasteiger partial charge in [0.1, 0.15) is 0 Å². The molecule has 2 N–H and O–H groups in total. The molecule has 0 bridgehead atoms. The van der Waals surface area contributed by atoms with E-state index in [0.717, 1.165) is 6.42 Å². The standard InChI is InChI=1S/C9H20N2O3S/c1-8(2)14-5-6-15(12,13)11-4-3-9(10)7-11/h8-9H,3-7,10H2,1-2H3/t9-/m0/s1. The molecule has 0 amide bonds. The Morgan fingerprint density at radius 3 is 2.67 bits per heavy atom. The van der Waals surface area contributed by atoms with E-state index >= 15 is 0 Å². The Kier molecular flexibility index (Phi) is 4.51. The van der Waals surface area contributed by atoms with Crippen molar-refractivity contribution < 1.29 is 13.2 Å². The molecule has 15 heavy (non-hydrogen) atoms. The summed E-state index contributed by atoms with van der Waals surface area (Å²) in [6.45, 7) is 5.03. The van der Waals surface area contributed by atoms with Crippen LogP contribution in [0.15, 0.2) is 0 Å². The van der Waals surface area contributed by atoms with Crippen LogP contribution >= 0.6 is 0 Å². The van der Waals surface area contributed by atoms with E-state index in [-0.39, 0.29) is 24.5 Å². The van der Waals surface area contributed by atoms with Crippen LogP contribution in [0.5, 0.6) is 0 Å². The first-order valence-electron chi connectivity index (χ1n) is 5.27.